The molecule has 0 bridgehead atoms. The minimum atomic E-state index is 0.204. The molecule has 0 unspecified atom stereocenters. The van der Waals surface area contributed by atoms with E-state index in [4.69, 9.17) is 0 Å². The van der Waals surface area contributed by atoms with Crippen LogP contribution in [0, 0.1) is 0 Å². The fraction of sp³-hybridized carbons (Fsp3) is 0.0833. The number of para-hydroxylation sites is 1. The van der Waals surface area contributed by atoms with Gasteiger partial charge in [0.1, 0.15) is 5.65 Å². The third-order valence-corrected chi connectivity index (χ3v) is 4.36. The Morgan fingerprint density at radius 3 is 2.81 bits per heavy atom. The van der Waals surface area contributed by atoms with E-state index in [0.717, 1.165) is 5.65 Å². The Morgan fingerprint density at radius 1 is 1.19 bits per heavy atom. The van der Waals surface area contributed by atoms with E-state index in [1.807, 2.05) is 12.3 Å². The molecule has 0 aliphatic heterocycles. The summed E-state index contributed by atoms with van der Waals surface area (Å²) < 4.78 is 3.61. The van der Waals surface area contributed by atoms with E-state index in [0.29, 0.717) is 0 Å². The lowest BCUT2D eigenvalue weighted by molar-refractivity contribution is 1.26. The minimum Gasteiger partial charge on any atom is -0.428 e. The monoisotopic (exact) mass is 235 g/mol. The van der Waals surface area contributed by atoms with Crippen molar-refractivity contribution >= 4 is 58.1 Å². The van der Waals surface area contributed by atoms with Gasteiger partial charge in [0.05, 0.1) is 0 Å². The summed E-state index contributed by atoms with van der Waals surface area (Å²) in [5.74, 6) is 2.24. The quantitative estimate of drug-likeness (QED) is 0.584. The molecule has 3 rings (SSSR count). The Balaban J connectivity index is 2.64. The number of benzene rings is 1. The standard InChI is InChI=1S/C11H6N2.CH3.2Al/c1-2-6-10-8(4-1)9-5-3-7-12-11(9)13-10;;;/h1-5,7H;1H3;;/q-1;;;+1. The Labute approximate surface area is 109 Å². The molecule has 0 spiro atoms. The SMILES string of the molecule is [CH3][Al][n]1c2ncccc2c2ccc[c]([Al])c21. The summed E-state index contributed by atoms with van der Waals surface area (Å²) in [6.07, 6.45) is 1.87. The highest BCUT2D eigenvalue weighted by Gasteiger charge is 2.10. The van der Waals surface area contributed by atoms with Crippen molar-refractivity contribution in [2.75, 3.05) is 0 Å². The van der Waals surface area contributed by atoms with E-state index in [1.165, 1.54) is 20.7 Å². The van der Waals surface area contributed by atoms with Crippen LogP contribution in [0.25, 0.3) is 21.9 Å². The average molecular weight is 235 g/mol. The van der Waals surface area contributed by atoms with E-state index in [9.17, 15) is 0 Å². The highest BCUT2D eigenvalue weighted by molar-refractivity contribution is 6.44. The van der Waals surface area contributed by atoms with Gasteiger partial charge in [0.15, 0.2) is 16.3 Å². The van der Waals surface area contributed by atoms with Crippen LogP contribution >= 0.6 is 0 Å². The molecule has 0 aliphatic carbocycles. The fourth-order valence-corrected chi connectivity index (χ4v) is 3.76. The molecule has 2 nitrogen and oxygen atoms in total. The molecule has 0 atom stereocenters. The first-order chi connectivity index (χ1) is 7.83. The minimum absolute atomic E-state index is 0.204. The zero-order valence-corrected chi connectivity index (χ0v) is 11.3. The number of pyridine rings is 1. The predicted molar refractivity (Wildman–Crippen MR) is 69.6 cm³/mol. The topological polar surface area (TPSA) is 17.8 Å². The van der Waals surface area contributed by atoms with Crippen molar-refractivity contribution in [2.24, 2.45) is 0 Å². The van der Waals surface area contributed by atoms with Crippen molar-refractivity contribution < 1.29 is 0 Å². The smallest absolute Gasteiger partial charge is 0.376 e. The van der Waals surface area contributed by atoms with Gasteiger partial charge in [0.25, 0.3) is 0 Å². The first kappa shape index (κ1) is 10.4. The van der Waals surface area contributed by atoms with Gasteiger partial charge in [-0.2, -0.15) is 0 Å². The van der Waals surface area contributed by atoms with Gasteiger partial charge in [-0.15, -0.1) is 4.43 Å². The molecule has 3 aromatic rings. The second kappa shape index (κ2) is 3.92. The molecule has 3 radical (unpaired) electrons. The van der Waals surface area contributed by atoms with Crippen LogP contribution in [-0.4, -0.2) is 40.3 Å². The summed E-state index contributed by atoms with van der Waals surface area (Å²) in [6, 6.07) is 10.6. The predicted octanol–water partition coefficient (Wildman–Crippen LogP) is 1.50. The number of fused-ring (bicyclic) bond motifs is 3. The average Bonchev–Trinajstić information content (AvgIpc) is 2.65. The van der Waals surface area contributed by atoms with Crippen LogP contribution in [0.3, 0.4) is 0 Å². The Kier molecular flexibility index (Phi) is 2.54. The number of rotatable bonds is 1. The van der Waals surface area contributed by atoms with Gasteiger partial charge < -0.3 is 3.55 Å². The van der Waals surface area contributed by atoms with Crippen LogP contribution in [0.2, 0.25) is 5.79 Å². The van der Waals surface area contributed by atoms with Crippen LogP contribution in [0.15, 0.2) is 36.5 Å². The highest BCUT2D eigenvalue weighted by Crippen LogP contribution is 2.24. The summed E-state index contributed by atoms with van der Waals surface area (Å²) in [5, 5.41) is 2.57. The van der Waals surface area contributed by atoms with Gasteiger partial charge in [-0.3, -0.25) is 0 Å². The van der Waals surface area contributed by atoms with Gasteiger partial charge >= 0.3 is 15.4 Å². The maximum atomic E-state index is 4.50. The summed E-state index contributed by atoms with van der Waals surface area (Å²) >= 11 is 3.03. The third kappa shape index (κ3) is 1.36. The third-order valence-electron chi connectivity index (χ3n) is 2.87. The van der Waals surface area contributed by atoms with Crippen molar-refractivity contribution in [1.29, 1.82) is 0 Å². The molecule has 2 heterocycles. The van der Waals surface area contributed by atoms with Crippen LogP contribution in [0.1, 0.15) is 0 Å². The van der Waals surface area contributed by atoms with E-state index in [-0.39, 0.29) is 15.4 Å². The Hall–Kier alpha value is -0.765. The fourth-order valence-electron chi connectivity index (χ4n) is 2.20. The zero-order chi connectivity index (χ0) is 11.1. The lowest BCUT2D eigenvalue weighted by atomic mass is 10.2. The molecule has 0 amide bonds. The molecular weight excluding hydrogens is 226 g/mol. The maximum Gasteiger partial charge on any atom is 0.376 e. The van der Waals surface area contributed by atoms with Crippen LogP contribution in [0.5, 0.6) is 0 Å². The number of hydrogen-bond donors (Lipinski definition) is 0. The molecule has 0 fully saturated rings. The number of hydrogen-bond acceptors (Lipinski definition) is 1. The van der Waals surface area contributed by atoms with E-state index >= 15 is 0 Å². The molecule has 16 heavy (non-hydrogen) atoms. The maximum absolute atomic E-state index is 4.50. The molecule has 1 aromatic carbocycles. The van der Waals surface area contributed by atoms with E-state index < -0.39 is 0 Å². The van der Waals surface area contributed by atoms with Gasteiger partial charge in [0.2, 0.25) is 0 Å². The second-order valence-electron chi connectivity index (χ2n) is 3.75. The first-order valence-electron chi connectivity index (χ1n) is 5.25. The largest absolute Gasteiger partial charge is 0.428 e. The normalized spacial score (nSPS) is 11.1. The van der Waals surface area contributed by atoms with Gasteiger partial charge in [-0.1, -0.05) is 24.0 Å². The molecule has 0 saturated carbocycles. The second-order valence-corrected chi connectivity index (χ2v) is 5.40. The molecular formula is C12H9Al2N2. The van der Waals surface area contributed by atoms with Gasteiger partial charge in [-0.25, -0.2) is 4.98 Å². The summed E-state index contributed by atoms with van der Waals surface area (Å²) in [4.78, 5) is 4.50. The molecule has 0 N–H and O–H groups in total. The lowest BCUT2D eigenvalue weighted by Crippen LogP contribution is -2.11. The molecule has 73 valence electrons. The first-order valence-corrected chi connectivity index (χ1v) is 7.50. The lowest BCUT2D eigenvalue weighted by Gasteiger charge is -2.05. The van der Waals surface area contributed by atoms with Crippen LogP contribution in [0.4, 0.5) is 0 Å². The Bertz CT molecular complexity index is 673. The van der Waals surface area contributed by atoms with Crippen LogP contribution in [-0.2, 0) is 0 Å². The summed E-state index contributed by atoms with van der Waals surface area (Å²) in [5.41, 5.74) is 2.43. The van der Waals surface area contributed by atoms with Crippen molar-refractivity contribution in [1.82, 2.24) is 8.53 Å². The van der Waals surface area contributed by atoms with Crippen LogP contribution < -0.4 is 4.43 Å². The number of nitrogens with zero attached hydrogens (tertiary/aromatic N) is 2. The zero-order valence-electron chi connectivity index (χ0n) is 9.01. The molecule has 2 aromatic heterocycles. The highest BCUT2D eigenvalue weighted by atomic mass is 27.1. The van der Waals surface area contributed by atoms with Gasteiger partial charge in [-0.05, 0) is 12.1 Å². The summed E-state index contributed by atoms with van der Waals surface area (Å²) in [7, 11) is 0. The Morgan fingerprint density at radius 2 is 2.00 bits per heavy atom. The van der Waals surface area contributed by atoms with E-state index in [1.54, 1.807) is 0 Å². The van der Waals surface area contributed by atoms with Gasteiger partial charge in [0, 0.05) is 22.5 Å². The van der Waals surface area contributed by atoms with Crippen molar-refractivity contribution in [3.8, 4) is 0 Å². The molecule has 4 heteroatoms. The van der Waals surface area contributed by atoms with E-state index in [2.05, 4.69) is 54.9 Å². The molecule has 0 aliphatic rings. The van der Waals surface area contributed by atoms with Crippen molar-refractivity contribution in [2.45, 2.75) is 5.79 Å². The number of aromatic nitrogens is 2. The molecule has 0 saturated heterocycles. The summed E-state index contributed by atoms with van der Waals surface area (Å²) in [6.45, 7) is 0. The van der Waals surface area contributed by atoms with Crippen molar-refractivity contribution in [3.05, 3.63) is 36.5 Å². The van der Waals surface area contributed by atoms with Crippen molar-refractivity contribution in [3.63, 3.8) is 0 Å².